The van der Waals surface area contributed by atoms with E-state index in [1.807, 2.05) is 0 Å². The smallest absolute Gasteiger partial charge is 0.0547 e. The van der Waals surface area contributed by atoms with Crippen LogP contribution in [0, 0.1) is 0 Å². The van der Waals surface area contributed by atoms with E-state index in [4.69, 9.17) is 0 Å². The Morgan fingerprint density at radius 1 is 0.222 bits per heavy atom. The Balaban J connectivity index is 0.925. The standard InChI is InChI=1S/C60H41N3/c1-4-14-42(15-5-1)43-24-32-50(33-25-43)61(51-34-26-44(27-35-51)46-31-39-59-56(40-46)54-21-11-13-23-58(54)62(59)48-16-6-2-7-17-48)52-36-28-45(29-37-52)47-30-38-55-53-20-10-12-22-57(53)63(60(55)41-47)49-18-8-3-9-19-49/h1-41H. The number of anilines is 3. The van der Waals surface area contributed by atoms with Crippen molar-refractivity contribution in [3.05, 3.63) is 249 Å². The molecule has 0 bridgehead atoms. The fraction of sp³-hybridized carbons (Fsp3) is 0. The molecule has 12 aromatic rings. The van der Waals surface area contributed by atoms with E-state index >= 15 is 0 Å². The van der Waals surface area contributed by atoms with Gasteiger partial charge in [-0.25, -0.2) is 0 Å². The first kappa shape index (κ1) is 36.5. The van der Waals surface area contributed by atoms with Crippen LogP contribution in [0.3, 0.4) is 0 Å². The van der Waals surface area contributed by atoms with Crippen LogP contribution in [0.1, 0.15) is 0 Å². The lowest BCUT2D eigenvalue weighted by molar-refractivity contribution is 1.18. The fourth-order valence-electron chi connectivity index (χ4n) is 9.50. The maximum atomic E-state index is 2.38. The second-order valence-corrected chi connectivity index (χ2v) is 16.2. The molecule has 0 N–H and O–H groups in total. The van der Waals surface area contributed by atoms with Crippen molar-refractivity contribution in [1.82, 2.24) is 9.13 Å². The minimum atomic E-state index is 1.09. The van der Waals surface area contributed by atoms with Crippen molar-refractivity contribution in [3.8, 4) is 44.8 Å². The van der Waals surface area contributed by atoms with Gasteiger partial charge < -0.3 is 14.0 Å². The van der Waals surface area contributed by atoms with E-state index in [1.165, 1.54) is 82.7 Å². The van der Waals surface area contributed by atoms with Crippen molar-refractivity contribution < 1.29 is 0 Å². The monoisotopic (exact) mass is 803 g/mol. The maximum Gasteiger partial charge on any atom is 0.0547 e. The Hall–Kier alpha value is -8.40. The summed E-state index contributed by atoms with van der Waals surface area (Å²) >= 11 is 0. The van der Waals surface area contributed by atoms with Crippen LogP contribution in [0.25, 0.3) is 88.4 Å². The molecule has 0 aliphatic rings. The van der Waals surface area contributed by atoms with Gasteiger partial charge >= 0.3 is 0 Å². The van der Waals surface area contributed by atoms with E-state index in [2.05, 4.69) is 263 Å². The van der Waals surface area contributed by atoms with E-state index in [0.29, 0.717) is 0 Å². The number of fused-ring (bicyclic) bond motifs is 6. The quantitative estimate of drug-likeness (QED) is 0.149. The van der Waals surface area contributed by atoms with Gasteiger partial charge in [-0.1, -0.05) is 158 Å². The molecule has 0 radical (unpaired) electrons. The van der Waals surface area contributed by atoms with Crippen molar-refractivity contribution in [3.63, 3.8) is 0 Å². The number of aromatic nitrogens is 2. The molecule has 2 aromatic heterocycles. The van der Waals surface area contributed by atoms with E-state index in [9.17, 15) is 0 Å². The van der Waals surface area contributed by atoms with Crippen LogP contribution in [-0.2, 0) is 0 Å². The van der Waals surface area contributed by atoms with Crippen molar-refractivity contribution in [2.24, 2.45) is 0 Å². The van der Waals surface area contributed by atoms with Gasteiger partial charge in [0.15, 0.2) is 0 Å². The highest BCUT2D eigenvalue weighted by Gasteiger charge is 2.17. The van der Waals surface area contributed by atoms with Gasteiger partial charge in [0, 0.05) is 50.0 Å². The van der Waals surface area contributed by atoms with Gasteiger partial charge in [0.1, 0.15) is 0 Å². The molecule has 0 aliphatic heterocycles. The zero-order chi connectivity index (χ0) is 41.7. The van der Waals surface area contributed by atoms with Gasteiger partial charge in [-0.3, -0.25) is 0 Å². The molecule has 0 fully saturated rings. The van der Waals surface area contributed by atoms with E-state index in [-0.39, 0.29) is 0 Å². The molecule has 0 amide bonds. The SMILES string of the molecule is c1ccc(-c2ccc(N(c3ccc(-c4ccc5c(c4)c4ccccc4n5-c4ccccc4)cc3)c3ccc(-c4ccc5c6ccccc6n(-c6ccccc6)c5c4)cc3)cc2)cc1. The second-order valence-electron chi connectivity index (χ2n) is 16.2. The lowest BCUT2D eigenvalue weighted by Crippen LogP contribution is -2.09. The molecular weight excluding hydrogens is 763 g/mol. The van der Waals surface area contributed by atoms with Gasteiger partial charge in [0.25, 0.3) is 0 Å². The summed E-state index contributed by atoms with van der Waals surface area (Å²) in [6.45, 7) is 0. The molecular formula is C60H41N3. The highest BCUT2D eigenvalue weighted by atomic mass is 15.1. The molecule has 3 nitrogen and oxygen atoms in total. The molecule has 0 saturated carbocycles. The number of benzene rings is 10. The first-order valence-corrected chi connectivity index (χ1v) is 21.6. The van der Waals surface area contributed by atoms with E-state index < -0.39 is 0 Å². The minimum absolute atomic E-state index is 1.09. The van der Waals surface area contributed by atoms with Gasteiger partial charge in [0.05, 0.1) is 22.1 Å². The predicted molar refractivity (Wildman–Crippen MR) is 266 cm³/mol. The third kappa shape index (κ3) is 6.38. The normalized spacial score (nSPS) is 11.5. The highest BCUT2D eigenvalue weighted by molar-refractivity contribution is 6.11. The molecule has 0 unspecified atom stereocenters. The summed E-state index contributed by atoms with van der Waals surface area (Å²) in [5.41, 5.74) is 17.5. The van der Waals surface area contributed by atoms with Crippen LogP contribution in [0.4, 0.5) is 17.1 Å². The fourth-order valence-corrected chi connectivity index (χ4v) is 9.50. The molecule has 12 rings (SSSR count). The van der Waals surface area contributed by atoms with Crippen molar-refractivity contribution in [2.75, 3.05) is 4.90 Å². The van der Waals surface area contributed by atoms with E-state index in [0.717, 1.165) is 22.7 Å². The molecule has 0 spiro atoms. The summed E-state index contributed by atoms with van der Waals surface area (Å²) in [7, 11) is 0. The van der Waals surface area contributed by atoms with Crippen molar-refractivity contribution in [1.29, 1.82) is 0 Å². The summed E-state index contributed by atoms with van der Waals surface area (Å²) in [6.07, 6.45) is 0. The average molecular weight is 804 g/mol. The largest absolute Gasteiger partial charge is 0.311 e. The molecule has 2 heterocycles. The Morgan fingerprint density at radius 2 is 0.571 bits per heavy atom. The topological polar surface area (TPSA) is 13.1 Å². The first-order chi connectivity index (χ1) is 31.2. The molecule has 296 valence electrons. The summed E-state index contributed by atoms with van der Waals surface area (Å²) < 4.78 is 4.75. The number of hydrogen-bond acceptors (Lipinski definition) is 1. The lowest BCUT2D eigenvalue weighted by Gasteiger charge is -2.26. The van der Waals surface area contributed by atoms with Crippen LogP contribution >= 0.6 is 0 Å². The third-order valence-electron chi connectivity index (χ3n) is 12.5. The van der Waals surface area contributed by atoms with Crippen LogP contribution in [0.5, 0.6) is 0 Å². The molecule has 0 saturated heterocycles. The summed E-state index contributed by atoms with van der Waals surface area (Å²) in [4.78, 5) is 2.36. The zero-order valence-electron chi connectivity index (χ0n) is 34.5. The van der Waals surface area contributed by atoms with Crippen LogP contribution in [-0.4, -0.2) is 9.13 Å². The maximum absolute atomic E-state index is 2.38. The second kappa shape index (κ2) is 15.3. The van der Waals surface area contributed by atoms with Crippen LogP contribution in [0.15, 0.2) is 249 Å². The predicted octanol–water partition coefficient (Wildman–Crippen LogP) is 16.4. The molecule has 0 aliphatic carbocycles. The zero-order valence-corrected chi connectivity index (χ0v) is 34.5. The molecule has 63 heavy (non-hydrogen) atoms. The Bertz CT molecular complexity index is 3570. The number of rotatable bonds is 8. The lowest BCUT2D eigenvalue weighted by atomic mass is 10.0. The highest BCUT2D eigenvalue weighted by Crippen LogP contribution is 2.40. The van der Waals surface area contributed by atoms with Crippen molar-refractivity contribution in [2.45, 2.75) is 0 Å². The number of hydrogen-bond donors (Lipinski definition) is 0. The van der Waals surface area contributed by atoms with Crippen LogP contribution in [0.2, 0.25) is 0 Å². The molecule has 10 aromatic carbocycles. The van der Waals surface area contributed by atoms with Crippen molar-refractivity contribution >= 4 is 60.7 Å². The Labute approximate surface area is 366 Å². The van der Waals surface area contributed by atoms with Gasteiger partial charge in [-0.05, 0) is 124 Å². The molecule has 0 atom stereocenters. The summed E-state index contributed by atoms with van der Waals surface area (Å²) in [5, 5.41) is 5.01. The minimum Gasteiger partial charge on any atom is -0.311 e. The first-order valence-electron chi connectivity index (χ1n) is 21.6. The third-order valence-corrected chi connectivity index (χ3v) is 12.5. The van der Waals surface area contributed by atoms with Gasteiger partial charge in [0.2, 0.25) is 0 Å². The van der Waals surface area contributed by atoms with Crippen LogP contribution < -0.4 is 4.90 Å². The average Bonchev–Trinajstić information content (AvgIpc) is 3.88. The Morgan fingerprint density at radius 3 is 1.11 bits per heavy atom. The number of nitrogens with zero attached hydrogens (tertiary/aromatic N) is 3. The Kier molecular flexibility index (Phi) is 8.83. The summed E-state index contributed by atoms with van der Waals surface area (Å²) in [6, 6.07) is 90.0. The summed E-state index contributed by atoms with van der Waals surface area (Å²) in [5.74, 6) is 0. The van der Waals surface area contributed by atoms with Gasteiger partial charge in [-0.15, -0.1) is 0 Å². The van der Waals surface area contributed by atoms with E-state index in [1.54, 1.807) is 0 Å². The number of para-hydroxylation sites is 4. The van der Waals surface area contributed by atoms with Gasteiger partial charge in [-0.2, -0.15) is 0 Å². The molecule has 3 heteroatoms.